The zero-order valence-corrected chi connectivity index (χ0v) is 19.6. The molecule has 0 saturated carbocycles. The SMILES string of the molecule is CCOc1ccc(CC(=O)N/N=C\c2c(OCc3cccc(Cl)c3)ccc3ccccc23)cc1. The van der Waals surface area contributed by atoms with Gasteiger partial charge in [0, 0.05) is 10.6 Å². The van der Waals surface area contributed by atoms with Crippen LogP contribution in [0.2, 0.25) is 5.02 Å². The van der Waals surface area contributed by atoms with Gasteiger partial charge in [-0.25, -0.2) is 5.43 Å². The van der Waals surface area contributed by atoms with Gasteiger partial charge in [0.25, 0.3) is 0 Å². The lowest BCUT2D eigenvalue weighted by Crippen LogP contribution is -2.19. The number of carbonyl (C=O) groups is 1. The van der Waals surface area contributed by atoms with Crippen molar-refractivity contribution >= 4 is 34.5 Å². The zero-order chi connectivity index (χ0) is 23.8. The van der Waals surface area contributed by atoms with Gasteiger partial charge in [0.1, 0.15) is 18.1 Å². The Morgan fingerprint density at radius 2 is 1.76 bits per heavy atom. The Bertz CT molecular complexity index is 1300. The highest BCUT2D eigenvalue weighted by Gasteiger charge is 2.09. The highest BCUT2D eigenvalue weighted by molar-refractivity contribution is 6.30. The molecule has 0 aliphatic rings. The molecule has 0 aromatic heterocycles. The Balaban J connectivity index is 1.48. The normalized spacial score (nSPS) is 11.0. The maximum absolute atomic E-state index is 12.4. The predicted molar refractivity (Wildman–Crippen MR) is 137 cm³/mol. The number of halogens is 1. The molecule has 0 aliphatic carbocycles. The van der Waals surface area contributed by atoms with E-state index in [4.69, 9.17) is 21.1 Å². The first-order chi connectivity index (χ1) is 16.6. The summed E-state index contributed by atoms with van der Waals surface area (Å²) in [6.45, 7) is 2.90. The van der Waals surface area contributed by atoms with Crippen LogP contribution in [-0.2, 0) is 17.8 Å². The lowest BCUT2D eigenvalue weighted by atomic mass is 10.0. The molecule has 0 bridgehead atoms. The molecule has 4 rings (SSSR count). The molecule has 0 unspecified atom stereocenters. The zero-order valence-electron chi connectivity index (χ0n) is 18.8. The van der Waals surface area contributed by atoms with Crippen LogP contribution in [0.4, 0.5) is 0 Å². The van der Waals surface area contributed by atoms with Gasteiger partial charge in [0.05, 0.1) is 19.2 Å². The average molecular weight is 473 g/mol. The lowest BCUT2D eigenvalue weighted by molar-refractivity contribution is -0.120. The van der Waals surface area contributed by atoms with Crippen molar-refractivity contribution in [2.45, 2.75) is 20.0 Å². The van der Waals surface area contributed by atoms with Crippen LogP contribution in [0.15, 0.2) is 90.0 Å². The van der Waals surface area contributed by atoms with Gasteiger partial charge in [-0.2, -0.15) is 5.10 Å². The molecule has 1 N–H and O–H groups in total. The fraction of sp³-hybridized carbons (Fsp3) is 0.143. The van der Waals surface area contributed by atoms with Crippen molar-refractivity contribution in [3.05, 3.63) is 107 Å². The number of benzene rings is 4. The maximum atomic E-state index is 12.4. The Morgan fingerprint density at radius 1 is 0.941 bits per heavy atom. The van der Waals surface area contributed by atoms with Gasteiger partial charge in [0.15, 0.2) is 0 Å². The molecule has 0 heterocycles. The van der Waals surface area contributed by atoms with Crippen molar-refractivity contribution in [1.82, 2.24) is 5.43 Å². The van der Waals surface area contributed by atoms with E-state index in [1.165, 1.54) is 0 Å². The number of fused-ring (bicyclic) bond motifs is 1. The Kier molecular flexibility index (Phi) is 7.79. The van der Waals surface area contributed by atoms with Gasteiger partial charge in [-0.1, -0.05) is 66.2 Å². The minimum Gasteiger partial charge on any atom is -0.494 e. The third-order valence-corrected chi connectivity index (χ3v) is 5.43. The summed E-state index contributed by atoms with van der Waals surface area (Å²) < 4.78 is 11.5. The van der Waals surface area contributed by atoms with E-state index in [0.717, 1.165) is 33.2 Å². The summed E-state index contributed by atoms with van der Waals surface area (Å²) in [5.74, 6) is 1.25. The van der Waals surface area contributed by atoms with Crippen LogP contribution in [0.3, 0.4) is 0 Å². The van der Waals surface area contributed by atoms with E-state index >= 15 is 0 Å². The minimum absolute atomic E-state index is 0.206. The number of rotatable bonds is 9. The van der Waals surface area contributed by atoms with Crippen LogP contribution in [-0.4, -0.2) is 18.7 Å². The molecular formula is C28H25ClN2O3. The van der Waals surface area contributed by atoms with Gasteiger partial charge in [-0.3, -0.25) is 4.79 Å². The molecule has 4 aromatic carbocycles. The standard InChI is InChI=1S/C28H25ClN2O3/c1-2-33-24-13-10-20(11-14-24)17-28(32)31-30-18-26-25-9-4-3-7-22(25)12-15-27(26)34-19-21-6-5-8-23(29)16-21/h3-16,18H,2,17,19H2,1H3,(H,31,32)/b30-18-. The van der Waals surface area contributed by atoms with E-state index in [2.05, 4.69) is 10.5 Å². The van der Waals surface area contributed by atoms with Crippen LogP contribution in [0, 0.1) is 0 Å². The quantitative estimate of drug-likeness (QED) is 0.234. The largest absolute Gasteiger partial charge is 0.494 e. The van der Waals surface area contributed by atoms with Gasteiger partial charge < -0.3 is 9.47 Å². The van der Waals surface area contributed by atoms with Crippen molar-refractivity contribution < 1.29 is 14.3 Å². The predicted octanol–water partition coefficient (Wildman–Crippen LogP) is 6.16. The van der Waals surface area contributed by atoms with Crippen LogP contribution < -0.4 is 14.9 Å². The molecular weight excluding hydrogens is 448 g/mol. The summed E-state index contributed by atoms with van der Waals surface area (Å²) in [6.07, 6.45) is 1.85. The minimum atomic E-state index is -0.206. The Morgan fingerprint density at radius 3 is 2.56 bits per heavy atom. The lowest BCUT2D eigenvalue weighted by Gasteiger charge is -2.12. The molecule has 4 aromatic rings. The van der Waals surface area contributed by atoms with Gasteiger partial charge in [0.2, 0.25) is 5.91 Å². The number of nitrogens with one attached hydrogen (secondary N) is 1. The molecule has 0 saturated heterocycles. The number of hydrazone groups is 1. The van der Waals surface area contributed by atoms with E-state index < -0.39 is 0 Å². The van der Waals surface area contributed by atoms with E-state index in [1.54, 1.807) is 6.21 Å². The molecule has 0 fully saturated rings. The number of hydrogen-bond donors (Lipinski definition) is 1. The highest BCUT2D eigenvalue weighted by Crippen LogP contribution is 2.27. The smallest absolute Gasteiger partial charge is 0.244 e. The van der Waals surface area contributed by atoms with Gasteiger partial charge in [-0.15, -0.1) is 0 Å². The fourth-order valence-electron chi connectivity index (χ4n) is 3.59. The van der Waals surface area contributed by atoms with Crippen LogP contribution in [0.5, 0.6) is 11.5 Å². The molecule has 0 aliphatic heterocycles. The first-order valence-corrected chi connectivity index (χ1v) is 11.4. The molecule has 0 spiro atoms. The summed E-state index contributed by atoms with van der Waals surface area (Å²) in [5.41, 5.74) is 5.26. The third kappa shape index (κ3) is 6.15. The van der Waals surface area contributed by atoms with Crippen LogP contribution >= 0.6 is 11.6 Å². The summed E-state index contributed by atoms with van der Waals surface area (Å²) in [4.78, 5) is 12.4. The van der Waals surface area contributed by atoms with E-state index in [1.807, 2.05) is 91.9 Å². The summed E-state index contributed by atoms with van der Waals surface area (Å²) in [6, 6.07) is 26.9. The number of carbonyl (C=O) groups excluding carboxylic acids is 1. The Labute approximate surface area is 204 Å². The van der Waals surface area contributed by atoms with Crippen molar-refractivity contribution in [1.29, 1.82) is 0 Å². The van der Waals surface area contributed by atoms with E-state index in [-0.39, 0.29) is 12.3 Å². The van der Waals surface area contributed by atoms with Crippen molar-refractivity contribution in [2.24, 2.45) is 5.10 Å². The van der Waals surface area contributed by atoms with E-state index in [0.29, 0.717) is 24.0 Å². The van der Waals surface area contributed by atoms with Crippen LogP contribution in [0.1, 0.15) is 23.6 Å². The highest BCUT2D eigenvalue weighted by atomic mass is 35.5. The molecule has 1 amide bonds. The topological polar surface area (TPSA) is 59.9 Å². The second-order valence-corrected chi connectivity index (χ2v) is 8.10. The second kappa shape index (κ2) is 11.3. The first-order valence-electron chi connectivity index (χ1n) is 11.0. The molecule has 0 radical (unpaired) electrons. The molecule has 172 valence electrons. The van der Waals surface area contributed by atoms with E-state index in [9.17, 15) is 4.79 Å². The number of amides is 1. The van der Waals surface area contributed by atoms with Crippen molar-refractivity contribution in [3.63, 3.8) is 0 Å². The summed E-state index contributed by atoms with van der Waals surface area (Å²) in [7, 11) is 0. The molecule has 6 heteroatoms. The number of nitrogens with zero attached hydrogens (tertiary/aromatic N) is 1. The van der Waals surface area contributed by atoms with Gasteiger partial charge in [-0.05, 0) is 59.2 Å². The molecule has 5 nitrogen and oxygen atoms in total. The van der Waals surface area contributed by atoms with Crippen molar-refractivity contribution in [3.8, 4) is 11.5 Å². The van der Waals surface area contributed by atoms with Gasteiger partial charge >= 0.3 is 0 Å². The Hall–Kier alpha value is -3.83. The monoisotopic (exact) mass is 472 g/mol. The van der Waals surface area contributed by atoms with Crippen LogP contribution in [0.25, 0.3) is 10.8 Å². The molecule has 0 atom stereocenters. The fourth-order valence-corrected chi connectivity index (χ4v) is 3.80. The summed E-state index contributed by atoms with van der Waals surface area (Å²) in [5, 5.41) is 6.92. The number of hydrogen-bond acceptors (Lipinski definition) is 4. The second-order valence-electron chi connectivity index (χ2n) is 7.66. The third-order valence-electron chi connectivity index (χ3n) is 5.20. The van der Waals surface area contributed by atoms with Crippen molar-refractivity contribution in [2.75, 3.05) is 6.61 Å². The molecule has 34 heavy (non-hydrogen) atoms. The first kappa shape index (κ1) is 23.3. The summed E-state index contributed by atoms with van der Waals surface area (Å²) >= 11 is 6.09. The average Bonchev–Trinajstić information content (AvgIpc) is 2.85. The number of ether oxygens (including phenoxy) is 2. The maximum Gasteiger partial charge on any atom is 0.244 e.